The fourth-order valence-electron chi connectivity index (χ4n) is 3.26. The molecule has 1 aromatic rings. The summed E-state index contributed by atoms with van der Waals surface area (Å²) in [4.78, 5) is 13.8. The molecule has 0 radical (unpaired) electrons. The zero-order valence-electron chi connectivity index (χ0n) is 13.3. The quantitative estimate of drug-likeness (QED) is 0.570. The van der Waals surface area contributed by atoms with Crippen molar-refractivity contribution in [2.24, 2.45) is 0 Å². The highest BCUT2D eigenvalue weighted by Gasteiger charge is 2.29. The van der Waals surface area contributed by atoms with Gasteiger partial charge in [-0.2, -0.15) is 0 Å². The summed E-state index contributed by atoms with van der Waals surface area (Å²) >= 11 is 0. The molecule has 0 heterocycles. The van der Waals surface area contributed by atoms with E-state index in [9.17, 15) is 4.79 Å². The van der Waals surface area contributed by atoms with Crippen LogP contribution < -0.4 is 4.90 Å². The van der Waals surface area contributed by atoms with Crippen molar-refractivity contribution in [1.29, 1.82) is 0 Å². The molecular weight excluding hydrogens is 262 g/mol. The molecule has 0 aromatic heterocycles. The summed E-state index contributed by atoms with van der Waals surface area (Å²) in [7, 11) is 0. The Morgan fingerprint density at radius 1 is 1.24 bits per heavy atom. The number of ether oxygens (including phenoxy) is 1. The van der Waals surface area contributed by atoms with Crippen LogP contribution in [-0.2, 0) is 9.53 Å². The molecule has 1 aromatic carbocycles. The van der Waals surface area contributed by atoms with Gasteiger partial charge in [0.1, 0.15) is 0 Å². The average Bonchev–Trinajstić information content (AvgIpc) is 2.49. The fraction of sp³-hybridized carbons (Fsp3) is 0.611. The molecule has 116 valence electrons. The second-order valence-electron chi connectivity index (χ2n) is 5.89. The highest BCUT2D eigenvalue weighted by molar-refractivity contribution is 5.66. The Kier molecular flexibility index (Phi) is 6.09. The van der Waals surface area contributed by atoms with Crippen LogP contribution in [0.15, 0.2) is 30.3 Å². The summed E-state index contributed by atoms with van der Waals surface area (Å²) < 4.78 is 5.65. The number of hydrogen-bond acceptors (Lipinski definition) is 3. The maximum absolute atomic E-state index is 11.5. The molecule has 2 rings (SSSR count). The first-order valence-electron chi connectivity index (χ1n) is 8.23. The number of nitrogens with zero attached hydrogens (tertiary/aromatic N) is 1. The molecule has 1 fully saturated rings. The van der Waals surface area contributed by atoms with E-state index >= 15 is 0 Å². The first kappa shape index (κ1) is 15.9. The Hall–Kier alpha value is -1.51. The third kappa shape index (κ3) is 4.48. The lowest BCUT2D eigenvalue weighted by Gasteiger charge is -2.41. The number of carbonyl (C=O) groups excluding carboxylic acids is 1. The van der Waals surface area contributed by atoms with E-state index in [2.05, 4.69) is 36.1 Å². The maximum atomic E-state index is 11.5. The van der Waals surface area contributed by atoms with Crippen molar-refractivity contribution in [3.63, 3.8) is 0 Å². The molecule has 1 unspecified atom stereocenters. The average molecular weight is 289 g/mol. The lowest BCUT2D eigenvalue weighted by molar-refractivity contribution is -0.147. The van der Waals surface area contributed by atoms with Gasteiger partial charge in [0, 0.05) is 25.1 Å². The van der Waals surface area contributed by atoms with Crippen LogP contribution in [0.25, 0.3) is 0 Å². The number of benzene rings is 1. The number of hydrogen-bond donors (Lipinski definition) is 0. The number of rotatable bonds is 6. The molecular formula is C18H27NO2. The highest BCUT2D eigenvalue weighted by atomic mass is 16.6. The molecule has 0 saturated heterocycles. The Morgan fingerprint density at radius 2 is 1.90 bits per heavy atom. The Labute approximate surface area is 128 Å². The van der Waals surface area contributed by atoms with Crippen molar-refractivity contribution >= 4 is 11.7 Å². The first-order chi connectivity index (χ1) is 10.2. The largest absolute Gasteiger partial charge is 0.442 e. The van der Waals surface area contributed by atoms with Gasteiger partial charge in [0.15, 0.2) is 6.23 Å². The number of anilines is 1. The van der Waals surface area contributed by atoms with Crippen LogP contribution in [0.2, 0.25) is 0 Å². The van der Waals surface area contributed by atoms with E-state index in [1.165, 1.54) is 44.7 Å². The van der Waals surface area contributed by atoms with Gasteiger partial charge in [-0.1, -0.05) is 50.8 Å². The van der Waals surface area contributed by atoms with Gasteiger partial charge >= 0.3 is 5.97 Å². The van der Waals surface area contributed by atoms with Gasteiger partial charge in [-0.25, -0.2) is 0 Å². The van der Waals surface area contributed by atoms with Gasteiger partial charge in [-0.05, 0) is 25.0 Å². The van der Waals surface area contributed by atoms with E-state index in [1.807, 2.05) is 6.07 Å². The number of carbonyl (C=O) groups is 1. The van der Waals surface area contributed by atoms with E-state index in [1.54, 1.807) is 0 Å². The Bertz CT molecular complexity index is 426. The van der Waals surface area contributed by atoms with E-state index in [4.69, 9.17) is 4.74 Å². The van der Waals surface area contributed by atoms with Crippen LogP contribution in [-0.4, -0.2) is 18.2 Å². The second-order valence-corrected chi connectivity index (χ2v) is 5.89. The topological polar surface area (TPSA) is 29.5 Å². The molecule has 0 bridgehead atoms. The van der Waals surface area contributed by atoms with Crippen LogP contribution >= 0.6 is 0 Å². The second kappa shape index (κ2) is 8.06. The molecule has 1 aliphatic carbocycles. The van der Waals surface area contributed by atoms with Gasteiger partial charge in [-0.3, -0.25) is 4.79 Å². The minimum Gasteiger partial charge on any atom is -0.442 e. The number of esters is 1. The first-order valence-corrected chi connectivity index (χ1v) is 8.23. The molecule has 0 amide bonds. The Morgan fingerprint density at radius 3 is 2.48 bits per heavy atom. The smallest absolute Gasteiger partial charge is 0.304 e. The van der Waals surface area contributed by atoms with Gasteiger partial charge in [0.2, 0.25) is 0 Å². The van der Waals surface area contributed by atoms with Crippen molar-refractivity contribution in [3.05, 3.63) is 30.3 Å². The summed E-state index contributed by atoms with van der Waals surface area (Å²) in [6.07, 6.45) is 7.99. The molecule has 3 nitrogen and oxygen atoms in total. The summed E-state index contributed by atoms with van der Waals surface area (Å²) in [5.41, 5.74) is 1.17. The van der Waals surface area contributed by atoms with E-state index in [0.717, 1.165) is 12.8 Å². The molecule has 0 spiro atoms. The standard InChI is InChI=1S/C18H27NO2/c1-3-10-18(21-15(2)20)19(16-11-6-4-7-12-16)17-13-8-5-9-14-17/h4,6-7,11-12,17-18H,3,5,8-10,13-14H2,1-2H3. The van der Waals surface area contributed by atoms with Crippen LogP contribution in [0.5, 0.6) is 0 Å². The van der Waals surface area contributed by atoms with Gasteiger partial charge in [-0.15, -0.1) is 0 Å². The minimum atomic E-state index is -0.190. The predicted molar refractivity (Wildman–Crippen MR) is 86.3 cm³/mol. The van der Waals surface area contributed by atoms with Gasteiger partial charge in [0.05, 0.1) is 0 Å². The molecule has 1 aliphatic rings. The van der Waals surface area contributed by atoms with Crippen molar-refractivity contribution in [1.82, 2.24) is 0 Å². The third-order valence-corrected chi connectivity index (χ3v) is 4.17. The van der Waals surface area contributed by atoms with Crippen LogP contribution in [0.3, 0.4) is 0 Å². The maximum Gasteiger partial charge on any atom is 0.304 e. The predicted octanol–water partition coefficient (Wildman–Crippen LogP) is 4.52. The van der Waals surface area contributed by atoms with E-state index in [0.29, 0.717) is 6.04 Å². The molecule has 21 heavy (non-hydrogen) atoms. The van der Waals surface area contributed by atoms with Crippen LogP contribution in [0.1, 0.15) is 58.8 Å². The lowest BCUT2D eigenvalue weighted by Crippen LogP contribution is -2.46. The third-order valence-electron chi connectivity index (χ3n) is 4.17. The van der Waals surface area contributed by atoms with Gasteiger partial charge < -0.3 is 9.64 Å². The molecule has 1 atom stereocenters. The zero-order valence-corrected chi connectivity index (χ0v) is 13.3. The van der Waals surface area contributed by atoms with Crippen molar-refractivity contribution in [2.45, 2.75) is 71.1 Å². The van der Waals surface area contributed by atoms with Crippen molar-refractivity contribution in [2.75, 3.05) is 4.90 Å². The molecule has 0 N–H and O–H groups in total. The van der Waals surface area contributed by atoms with E-state index in [-0.39, 0.29) is 12.2 Å². The van der Waals surface area contributed by atoms with Crippen molar-refractivity contribution < 1.29 is 9.53 Å². The lowest BCUT2D eigenvalue weighted by atomic mass is 9.93. The number of para-hydroxylation sites is 1. The SMILES string of the molecule is CCCC(OC(C)=O)N(c1ccccc1)C1CCCCC1. The minimum absolute atomic E-state index is 0.141. The molecule has 3 heteroatoms. The summed E-state index contributed by atoms with van der Waals surface area (Å²) in [6, 6.07) is 10.9. The summed E-state index contributed by atoms with van der Waals surface area (Å²) in [5, 5.41) is 0. The van der Waals surface area contributed by atoms with Gasteiger partial charge in [0.25, 0.3) is 0 Å². The van der Waals surface area contributed by atoms with E-state index < -0.39 is 0 Å². The monoisotopic (exact) mass is 289 g/mol. The van der Waals surface area contributed by atoms with Crippen LogP contribution in [0.4, 0.5) is 5.69 Å². The zero-order chi connectivity index (χ0) is 15.1. The fourth-order valence-corrected chi connectivity index (χ4v) is 3.26. The van der Waals surface area contributed by atoms with Crippen molar-refractivity contribution in [3.8, 4) is 0 Å². The summed E-state index contributed by atoms with van der Waals surface area (Å²) in [5.74, 6) is -0.190. The normalized spacial score (nSPS) is 17.2. The summed E-state index contributed by atoms with van der Waals surface area (Å²) in [6.45, 7) is 3.65. The Balaban J connectivity index is 2.25. The highest BCUT2D eigenvalue weighted by Crippen LogP contribution is 2.30. The molecule has 0 aliphatic heterocycles. The van der Waals surface area contributed by atoms with Crippen LogP contribution in [0, 0.1) is 0 Å². The molecule has 1 saturated carbocycles.